The first-order valence-electron chi connectivity index (χ1n) is 19.3. The molecule has 0 spiro atoms. The molecule has 0 bridgehead atoms. The van der Waals surface area contributed by atoms with E-state index in [2.05, 4.69) is 20.2 Å². The van der Waals surface area contributed by atoms with Gasteiger partial charge >= 0.3 is 11.9 Å². The molecule has 0 aliphatic heterocycles. The van der Waals surface area contributed by atoms with Crippen molar-refractivity contribution in [1.29, 1.82) is 0 Å². The molecule has 0 aliphatic rings. The molecule has 68 heavy (non-hydrogen) atoms. The summed E-state index contributed by atoms with van der Waals surface area (Å²) < 4.78 is 19.3. The lowest BCUT2D eigenvalue weighted by atomic mass is 10.1. The zero-order chi connectivity index (χ0) is 50.9. The van der Waals surface area contributed by atoms with Gasteiger partial charge in [0.2, 0.25) is 0 Å². The second-order valence-electron chi connectivity index (χ2n) is 13.0. The van der Waals surface area contributed by atoms with Crippen molar-refractivity contribution in [2.24, 2.45) is 5.16 Å². The molecule has 0 amide bonds. The normalized spacial score (nSPS) is 10.1. The maximum Gasteiger partial charge on any atom is 0.344 e. The Morgan fingerprint density at radius 2 is 1.21 bits per heavy atom. The van der Waals surface area contributed by atoms with E-state index >= 15 is 0 Å². The number of aromatic nitrogens is 2. The Morgan fingerprint density at radius 1 is 0.706 bits per heavy atom. The third kappa shape index (κ3) is 18.2. The first-order chi connectivity index (χ1) is 32.3. The van der Waals surface area contributed by atoms with Crippen LogP contribution >= 0.6 is 11.6 Å². The van der Waals surface area contributed by atoms with E-state index in [-0.39, 0.29) is 58.0 Å². The van der Waals surface area contributed by atoms with Crippen LogP contribution in [0.4, 0.5) is 22.7 Å². The highest BCUT2D eigenvalue weighted by molar-refractivity contribution is 6.69. The lowest BCUT2D eigenvalue weighted by Gasteiger charge is -2.02. The largest absolute Gasteiger partial charge is 0.466 e. The maximum atomic E-state index is 11.9. The van der Waals surface area contributed by atoms with Crippen molar-refractivity contribution < 1.29 is 62.6 Å². The number of carbonyl (C=O) groups excluding carboxylic acids is 4. The van der Waals surface area contributed by atoms with E-state index in [1.54, 1.807) is 52.0 Å². The average Bonchev–Trinajstić information content (AvgIpc) is 3.94. The third-order valence-corrected chi connectivity index (χ3v) is 8.25. The summed E-state index contributed by atoms with van der Waals surface area (Å²) in [6, 6.07) is 24.9. The van der Waals surface area contributed by atoms with Crippen molar-refractivity contribution in [3.05, 3.63) is 172 Å². The molecule has 356 valence electrons. The van der Waals surface area contributed by atoms with Crippen LogP contribution in [0.15, 0.2) is 117 Å². The van der Waals surface area contributed by atoms with Crippen LogP contribution in [-0.4, -0.2) is 77.6 Å². The molecule has 0 unspecified atom stereocenters. The Hall–Kier alpha value is -9.06. The van der Waals surface area contributed by atoms with Crippen LogP contribution in [0.2, 0.25) is 0 Å². The number of halogens is 1. The number of ether oxygens (including phenoxy) is 2. The summed E-state index contributed by atoms with van der Waals surface area (Å²) in [7, 11) is 0. The minimum atomic E-state index is -0.562. The Bertz CT molecular complexity index is 2770. The molecule has 4 aromatic carbocycles. The smallest absolute Gasteiger partial charge is 0.344 e. The maximum absolute atomic E-state index is 11.9. The van der Waals surface area contributed by atoms with Crippen molar-refractivity contribution in [3.8, 4) is 22.5 Å². The number of ketones is 1. The second kappa shape index (κ2) is 28.0. The van der Waals surface area contributed by atoms with E-state index in [9.17, 15) is 59.6 Å². The topological polar surface area (TPSA) is 344 Å². The van der Waals surface area contributed by atoms with Crippen LogP contribution in [0, 0.1) is 54.3 Å². The number of non-ortho nitro benzene ring substituents is 4. The number of rotatable bonds is 13. The molecule has 0 atom stereocenters. The molecule has 25 heteroatoms. The van der Waals surface area contributed by atoms with E-state index in [1.807, 2.05) is 0 Å². The van der Waals surface area contributed by atoms with Gasteiger partial charge in [0.15, 0.2) is 5.17 Å². The Morgan fingerprint density at radius 3 is 1.69 bits per heavy atom. The quantitative estimate of drug-likeness (QED) is 0.0214. The first kappa shape index (κ1) is 55.1. The van der Waals surface area contributed by atoms with Gasteiger partial charge in [0.25, 0.3) is 22.7 Å². The minimum Gasteiger partial charge on any atom is -0.466 e. The predicted octanol–water partition coefficient (Wildman–Crippen LogP) is 9.20. The predicted molar refractivity (Wildman–Crippen MR) is 240 cm³/mol. The number of nitro groups is 4. The van der Waals surface area contributed by atoms with Crippen molar-refractivity contribution in [2.45, 2.75) is 41.0 Å². The molecular formula is C43H40ClN7O17. The lowest BCUT2D eigenvalue weighted by Crippen LogP contribution is -2.07. The van der Waals surface area contributed by atoms with E-state index < -0.39 is 31.6 Å². The lowest BCUT2D eigenvalue weighted by molar-refractivity contribution is -0.385. The number of carbonyl (C=O) groups is 4. The summed E-state index contributed by atoms with van der Waals surface area (Å²) in [5.74, 6) is -0.173. The fourth-order valence-corrected chi connectivity index (χ4v) is 5.11. The van der Waals surface area contributed by atoms with E-state index in [0.29, 0.717) is 52.4 Å². The molecule has 1 N–H and O–H groups in total. The fraction of sp³-hybridized carbons (Fsp3) is 0.186. The van der Waals surface area contributed by atoms with Gasteiger partial charge in [-0.25, -0.2) is 4.79 Å². The monoisotopic (exact) mass is 961 g/mol. The number of aldehydes is 1. The van der Waals surface area contributed by atoms with Crippen molar-refractivity contribution in [2.75, 3.05) is 13.2 Å². The van der Waals surface area contributed by atoms with Gasteiger partial charge in [0.05, 0.1) is 32.9 Å². The summed E-state index contributed by atoms with van der Waals surface area (Å²) >= 11 is 5.44. The number of hydrogen-bond donors (Lipinski definition) is 1. The molecular weight excluding hydrogens is 922 g/mol. The molecule has 0 radical (unpaired) electrons. The highest BCUT2D eigenvalue weighted by atomic mass is 35.5. The van der Waals surface area contributed by atoms with Gasteiger partial charge in [-0.1, -0.05) is 75.6 Å². The molecule has 0 aliphatic carbocycles. The highest BCUT2D eigenvalue weighted by Crippen LogP contribution is 2.29. The Balaban J connectivity index is 0.000000300. The van der Waals surface area contributed by atoms with E-state index in [4.69, 9.17) is 30.6 Å². The zero-order valence-electron chi connectivity index (χ0n) is 36.5. The van der Waals surface area contributed by atoms with E-state index in [1.165, 1.54) is 85.8 Å². The molecule has 6 aromatic rings. The van der Waals surface area contributed by atoms with E-state index in [0.717, 1.165) is 0 Å². The SMILES string of the molecule is CCOC(=O)CC(C)=O.CCOC(=O)c1c(-c2cccc([N+](=O)[O-])c2)noc1C.Cc1cc(-c2cccc([N+](=O)[O-])c2)no1.O=Cc1cccc([N+](=O)[O-])c1.O=[N+]([O-])c1cccc(/C(Cl)=N/O)c1. The summed E-state index contributed by atoms with van der Waals surface area (Å²) in [5.41, 5.74) is 2.57. The van der Waals surface area contributed by atoms with Crippen LogP contribution in [0.5, 0.6) is 0 Å². The van der Waals surface area contributed by atoms with Gasteiger partial charge in [0.1, 0.15) is 47.0 Å². The molecule has 0 fully saturated rings. The van der Waals surface area contributed by atoms with Gasteiger partial charge in [-0.3, -0.25) is 54.8 Å². The van der Waals surface area contributed by atoms with Crippen LogP contribution in [-0.2, 0) is 19.1 Å². The van der Waals surface area contributed by atoms with Crippen molar-refractivity contribution >= 4 is 63.5 Å². The van der Waals surface area contributed by atoms with Gasteiger partial charge in [-0.15, -0.1) is 0 Å². The first-order valence-corrected chi connectivity index (χ1v) is 19.7. The van der Waals surface area contributed by atoms with Gasteiger partial charge in [-0.05, 0) is 34.6 Å². The van der Waals surface area contributed by atoms with Crippen LogP contribution < -0.4 is 0 Å². The van der Waals surface area contributed by atoms with Gasteiger partial charge in [0, 0.05) is 76.9 Å². The van der Waals surface area contributed by atoms with Gasteiger partial charge < -0.3 is 23.7 Å². The number of benzene rings is 4. The van der Waals surface area contributed by atoms with Crippen LogP contribution in [0.1, 0.15) is 65.0 Å². The number of esters is 2. The summed E-state index contributed by atoms with van der Waals surface area (Å²) in [6.07, 6.45) is 0.473. The summed E-state index contributed by atoms with van der Waals surface area (Å²) in [6.45, 7) is 8.67. The molecule has 24 nitrogen and oxygen atoms in total. The second-order valence-corrected chi connectivity index (χ2v) is 13.3. The molecule has 2 aromatic heterocycles. The Kier molecular flexibility index (Phi) is 22.7. The summed E-state index contributed by atoms with van der Waals surface area (Å²) in [4.78, 5) is 82.5. The molecule has 6 rings (SSSR count). The Labute approximate surface area is 389 Å². The van der Waals surface area contributed by atoms with Crippen molar-refractivity contribution in [1.82, 2.24) is 10.3 Å². The number of hydrogen-bond acceptors (Lipinski definition) is 20. The molecule has 2 heterocycles. The molecule has 0 saturated carbocycles. The van der Waals surface area contributed by atoms with Crippen molar-refractivity contribution in [3.63, 3.8) is 0 Å². The highest BCUT2D eigenvalue weighted by Gasteiger charge is 2.24. The van der Waals surface area contributed by atoms with Crippen LogP contribution in [0.3, 0.4) is 0 Å². The minimum absolute atomic E-state index is 0.0492. The van der Waals surface area contributed by atoms with Crippen LogP contribution in [0.25, 0.3) is 22.5 Å². The summed E-state index contributed by atoms with van der Waals surface area (Å²) in [5, 5.41) is 60.2. The number of oxime groups is 1. The zero-order valence-corrected chi connectivity index (χ0v) is 37.3. The van der Waals surface area contributed by atoms with Gasteiger partial charge in [-0.2, -0.15) is 0 Å². The average molecular weight is 962 g/mol. The fourth-order valence-electron chi connectivity index (χ4n) is 4.99. The standard InChI is InChI=1S/C13H12N2O5.C10H8N2O3.C7H5ClN2O3.C7H5NO3.C6H10O3/c1-3-19-13(16)11-8(2)20-14-12(11)9-5-4-6-10(7-9)15(17)18;1-7-5-10(11-15-7)8-3-2-4-9(6-8)12(13)14;8-7(9-11)5-2-1-3-6(4-5)10(12)13;9-5-6-2-1-3-7(4-6)8(10)11;1-3-9-6(8)4-5(2)7/h4-7H,3H2,1-2H3;2-6H,1H3;1-4,11H;1-5H;3-4H2,1-2H3/b;;9-7-;;. The molecule has 0 saturated heterocycles. The number of Topliss-reactive ketones (excluding diaryl/α,β-unsaturated/α-hetero) is 1. The number of nitro benzene ring substituents is 4. The number of nitrogens with zero attached hydrogens (tertiary/aromatic N) is 7. The third-order valence-electron chi connectivity index (χ3n) is 7.95. The number of aryl methyl sites for hydroxylation is 2.